The third-order valence-electron chi connectivity index (χ3n) is 2.91. The van der Waals surface area contributed by atoms with Crippen LogP contribution < -0.4 is 5.32 Å². The number of hydrogen-bond acceptors (Lipinski definition) is 6. The van der Waals surface area contributed by atoms with E-state index in [0.29, 0.717) is 5.16 Å². The summed E-state index contributed by atoms with van der Waals surface area (Å²) in [6, 6.07) is 1.81. The molecule has 0 amide bonds. The van der Waals surface area contributed by atoms with Crippen LogP contribution in [-0.2, 0) is 0 Å². The van der Waals surface area contributed by atoms with E-state index in [2.05, 4.69) is 46.0 Å². The fourth-order valence-corrected chi connectivity index (χ4v) is 2.50. The lowest BCUT2D eigenvalue weighted by molar-refractivity contribution is 0.746. The Bertz CT molecular complexity index is 586. The van der Waals surface area contributed by atoms with Gasteiger partial charge in [0.15, 0.2) is 5.16 Å². The van der Waals surface area contributed by atoms with Crippen LogP contribution in [0.25, 0.3) is 0 Å². The predicted molar refractivity (Wildman–Crippen MR) is 85.8 cm³/mol. The second-order valence-corrected chi connectivity index (χ2v) is 6.03. The monoisotopic (exact) mass is 303 g/mol. The average Bonchev–Trinajstić information content (AvgIpc) is 2.49. The zero-order valence-corrected chi connectivity index (χ0v) is 13.7. The number of nitrogens with one attached hydrogen (secondary N) is 1. The van der Waals surface area contributed by atoms with E-state index in [1.165, 1.54) is 11.8 Å². The molecule has 2 rings (SSSR count). The molecule has 0 radical (unpaired) electrons. The van der Waals surface area contributed by atoms with Crippen LogP contribution in [0.5, 0.6) is 0 Å². The lowest BCUT2D eigenvalue weighted by Crippen LogP contribution is -2.09. The van der Waals surface area contributed by atoms with E-state index in [1.807, 2.05) is 13.0 Å². The summed E-state index contributed by atoms with van der Waals surface area (Å²) in [5.74, 6) is 2.04. The van der Waals surface area contributed by atoms with Gasteiger partial charge in [0.25, 0.3) is 0 Å². The summed E-state index contributed by atoms with van der Waals surface area (Å²) >= 11 is 1.48. The van der Waals surface area contributed by atoms with Gasteiger partial charge in [-0.15, -0.1) is 0 Å². The van der Waals surface area contributed by atoms with Crippen molar-refractivity contribution < 1.29 is 0 Å². The molecule has 0 fully saturated rings. The summed E-state index contributed by atoms with van der Waals surface area (Å²) in [5, 5.41) is 5.00. The van der Waals surface area contributed by atoms with E-state index in [-0.39, 0.29) is 5.92 Å². The molecule has 2 aromatic rings. The molecule has 112 valence electrons. The van der Waals surface area contributed by atoms with Crippen molar-refractivity contribution in [3.05, 3.63) is 29.8 Å². The molecular weight excluding hydrogens is 282 g/mol. The fourth-order valence-electron chi connectivity index (χ4n) is 1.71. The molecule has 0 aliphatic carbocycles. The first-order valence-electron chi connectivity index (χ1n) is 7.19. The van der Waals surface area contributed by atoms with E-state index >= 15 is 0 Å². The zero-order valence-electron chi connectivity index (χ0n) is 12.9. The van der Waals surface area contributed by atoms with E-state index in [4.69, 9.17) is 0 Å². The molecule has 0 unspecified atom stereocenters. The number of aromatic nitrogens is 4. The normalized spacial score (nSPS) is 10.9. The molecule has 2 heterocycles. The van der Waals surface area contributed by atoms with Crippen molar-refractivity contribution in [2.45, 2.75) is 50.2 Å². The maximum absolute atomic E-state index is 4.67. The topological polar surface area (TPSA) is 63.6 Å². The molecule has 0 bridgehead atoms. The van der Waals surface area contributed by atoms with Gasteiger partial charge in [0.05, 0.1) is 0 Å². The summed E-state index contributed by atoms with van der Waals surface area (Å²) in [6.45, 7) is 9.28. The molecule has 0 atom stereocenters. The van der Waals surface area contributed by atoms with Crippen LogP contribution in [0.15, 0.2) is 28.6 Å². The molecule has 0 aliphatic rings. The lowest BCUT2D eigenvalue weighted by Gasteiger charge is -2.14. The van der Waals surface area contributed by atoms with Crippen LogP contribution in [0.4, 0.5) is 5.82 Å². The summed E-state index contributed by atoms with van der Waals surface area (Å²) in [7, 11) is 0. The number of hydrogen-bond donors (Lipinski definition) is 1. The Balaban J connectivity index is 2.36. The third kappa shape index (κ3) is 4.14. The highest BCUT2D eigenvalue weighted by Gasteiger charge is 2.14. The van der Waals surface area contributed by atoms with Gasteiger partial charge in [0.2, 0.25) is 0 Å². The summed E-state index contributed by atoms with van der Waals surface area (Å²) in [6.07, 6.45) is 4.54. The highest BCUT2D eigenvalue weighted by atomic mass is 32.2. The van der Waals surface area contributed by atoms with E-state index < -0.39 is 0 Å². The standard InChI is InChI=1S/C15H21N5S/c1-5-7-16-13-11(4)14(20-12(19-13)10(2)3)21-15-17-8-6-9-18-15/h6,8-10H,5,7H2,1-4H3,(H,16,19,20). The first-order chi connectivity index (χ1) is 10.1. The average molecular weight is 303 g/mol. The van der Waals surface area contributed by atoms with Gasteiger partial charge in [-0.3, -0.25) is 0 Å². The predicted octanol–water partition coefficient (Wildman–Crippen LogP) is 3.67. The van der Waals surface area contributed by atoms with Gasteiger partial charge in [-0.05, 0) is 31.2 Å². The van der Waals surface area contributed by atoms with E-state index in [1.54, 1.807) is 12.4 Å². The molecule has 2 aromatic heterocycles. The number of rotatable bonds is 6. The molecule has 1 N–H and O–H groups in total. The first-order valence-corrected chi connectivity index (χ1v) is 8.00. The zero-order chi connectivity index (χ0) is 15.2. The maximum Gasteiger partial charge on any atom is 0.193 e. The van der Waals surface area contributed by atoms with Crippen LogP contribution in [0, 0.1) is 6.92 Å². The molecule has 0 saturated heterocycles. The van der Waals surface area contributed by atoms with Crippen molar-refractivity contribution in [1.29, 1.82) is 0 Å². The summed E-state index contributed by atoms with van der Waals surface area (Å²) in [5.41, 5.74) is 1.05. The van der Waals surface area contributed by atoms with Crippen LogP contribution in [-0.4, -0.2) is 26.5 Å². The van der Waals surface area contributed by atoms with Gasteiger partial charge in [-0.25, -0.2) is 19.9 Å². The van der Waals surface area contributed by atoms with Crippen LogP contribution >= 0.6 is 11.8 Å². The molecule has 0 aliphatic heterocycles. The first kappa shape index (κ1) is 15.7. The Hall–Kier alpha value is -1.69. The Kier molecular flexibility index (Phi) is 5.50. The molecule has 0 spiro atoms. The minimum Gasteiger partial charge on any atom is -0.370 e. The lowest BCUT2D eigenvalue weighted by atomic mass is 10.2. The van der Waals surface area contributed by atoms with Gasteiger partial charge in [-0.2, -0.15) is 0 Å². The molecule has 21 heavy (non-hydrogen) atoms. The number of nitrogens with zero attached hydrogens (tertiary/aromatic N) is 4. The number of anilines is 1. The van der Waals surface area contributed by atoms with Gasteiger partial charge in [-0.1, -0.05) is 20.8 Å². The van der Waals surface area contributed by atoms with Gasteiger partial charge < -0.3 is 5.32 Å². The highest BCUT2D eigenvalue weighted by Crippen LogP contribution is 2.30. The molecular formula is C15H21N5S. The summed E-state index contributed by atoms with van der Waals surface area (Å²) in [4.78, 5) is 17.8. The Morgan fingerprint density at radius 1 is 1.19 bits per heavy atom. The van der Waals surface area contributed by atoms with Crippen LogP contribution in [0.3, 0.4) is 0 Å². The van der Waals surface area contributed by atoms with Gasteiger partial charge in [0, 0.05) is 30.4 Å². The van der Waals surface area contributed by atoms with Crippen LogP contribution in [0.1, 0.15) is 44.5 Å². The van der Waals surface area contributed by atoms with Crippen molar-refractivity contribution in [1.82, 2.24) is 19.9 Å². The Morgan fingerprint density at radius 3 is 2.52 bits per heavy atom. The third-order valence-corrected chi connectivity index (χ3v) is 3.89. The summed E-state index contributed by atoms with van der Waals surface area (Å²) < 4.78 is 0. The largest absolute Gasteiger partial charge is 0.370 e. The quantitative estimate of drug-likeness (QED) is 0.649. The smallest absolute Gasteiger partial charge is 0.193 e. The van der Waals surface area contributed by atoms with Crippen molar-refractivity contribution in [2.24, 2.45) is 0 Å². The molecule has 0 aromatic carbocycles. The Morgan fingerprint density at radius 2 is 1.90 bits per heavy atom. The van der Waals surface area contributed by atoms with E-state index in [9.17, 15) is 0 Å². The minimum atomic E-state index is 0.281. The maximum atomic E-state index is 4.67. The fraction of sp³-hybridized carbons (Fsp3) is 0.467. The molecule has 5 nitrogen and oxygen atoms in total. The van der Waals surface area contributed by atoms with E-state index in [0.717, 1.165) is 35.2 Å². The molecule has 0 saturated carbocycles. The van der Waals surface area contributed by atoms with Crippen molar-refractivity contribution in [2.75, 3.05) is 11.9 Å². The second kappa shape index (κ2) is 7.36. The minimum absolute atomic E-state index is 0.281. The Labute approximate surface area is 130 Å². The van der Waals surface area contributed by atoms with Crippen molar-refractivity contribution >= 4 is 17.6 Å². The van der Waals surface area contributed by atoms with Gasteiger partial charge in [0.1, 0.15) is 16.7 Å². The van der Waals surface area contributed by atoms with Gasteiger partial charge >= 0.3 is 0 Å². The molecule has 6 heteroatoms. The highest BCUT2D eigenvalue weighted by molar-refractivity contribution is 7.99. The van der Waals surface area contributed by atoms with Crippen molar-refractivity contribution in [3.8, 4) is 0 Å². The SMILES string of the molecule is CCCNc1nc(C(C)C)nc(Sc2ncccn2)c1C. The second-order valence-electron chi connectivity index (χ2n) is 5.08. The van der Waals surface area contributed by atoms with Crippen LogP contribution in [0.2, 0.25) is 0 Å². The van der Waals surface area contributed by atoms with Crippen molar-refractivity contribution in [3.63, 3.8) is 0 Å².